The summed E-state index contributed by atoms with van der Waals surface area (Å²) in [5.41, 5.74) is 3.18. The van der Waals surface area contributed by atoms with Crippen LogP contribution in [0.4, 0.5) is 4.39 Å². The molecule has 0 aromatic heterocycles. The fourth-order valence-corrected chi connectivity index (χ4v) is 4.89. The van der Waals surface area contributed by atoms with E-state index < -0.39 is 42.4 Å². The maximum Gasteiger partial charge on any atom is 0.303 e. The third-order valence-electron chi connectivity index (χ3n) is 6.76. The van der Waals surface area contributed by atoms with E-state index >= 15 is 0 Å². The number of hydrogen-bond donors (Lipinski definition) is 1. The van der Waals surface area contributed by atoms with Gasteiger partial charge in [-0.25, -0.2) is 4.39 Å². The van der Waals surface area contributed by atoms with E-state index in [1.165, 1.54) is 32.9 Å². The van der Waals surface area contributed by atoms with E-state index in [9.17, 15) is 18.8 Å². The van der Waals surface area contributed by atoms with Crippen LogP contribution in [0.25, 0.3) is 11.1 Å². The number of benzene rings is 3. The summed E-state index contributed by atoms with van der Waals surface area (Å²) < 4.78 is 43.6. The van der Waals surface area contributed by atoms with Gasteiger partial charge < -0.3 is 29.0 Å². The number of hydrogen-bond acceptors (Lipinski definition) is 8. The summed E-state index contributed by atoms with van der Waals surface area (Å²) >= 11 is 0. The summed E-state index contributed by atoms with van der Waals surface area (Å²) in [6.45, 7) is 4.84. The lowest BCUT2D eigenvalue weighted by atomic mass is 9.97. The van der Waals surface area contributed by atoms with Gasteiger partial charge in [0.2, 0.25) is 12.2 Å². The minimum Gasteiger partial charge on any atom is -0.461 e. The zero-order chi connectivity index (χ0) is 30.8. The van der Waals surface area contributed by atoms with Gasteiger partial charge in [0, 0.05) is 33.7 Å². The van der Waals surface area contributed by atoms with Gasteiger partial charge in [-0.1, -0.05) is 48.5 Å². The largest absolute Gasteiger partial charge is 0.461 e. The summed E-state index contributed by atoms with van der Waals surface area (Å²) in [6.07, 6.45) is -2.74. The summed E-state index contributed by atoms with van der Waals surface area (Å²) in [5.74, 6) is -1.20. The van der Waals surface area contributed by atoms with Gasteiger partial charge in [-0.05, 0) is 52.9 Å². The van der Waals surface area contributed by atoms with Crippen molar-refractivity contribution in [1.82, 2.24) is 5.32 Å². The van der Waals surface area contributed by atoms with Crippen molar-refractivity contribution >= 4 is 17.8 Å². The third kappa shape index (κ3) is 9.62. The van der Waals surface area contributed by atoms with Crippen LogP contribution in [0.3, 0.4) is 0 Å². The predicted octanol–water partition coefficient (Wildman–Crippen LogP) is 4.75. The molecule has 0 radical (unpaired) electrons. The molecule has 1 amide bonds. The van der Waals surface area contributed by atoms with Crippen LogP contribution in [0.2, 0.25) is 0 Å². The van der Waals surface area contributed by atoms with Gasteiger partial charge in [-0.15, -0.1) is 0 Å². The van der Waals surface area contributed by atoms with E-state index in [-0.39, 0.29) is 18.9 Å². The van der Waals surface area contributed by atoms with Crippen LogP contribution in [0.5, 0.6) is 5.75 Å². The first-order valence-electron chi connectivity index (χ1n) is 14.1. The molecule has 1 saturated heterocycles. The summed E-state index contributed by atoms with van der Waals surface area (Å²) in [6, 6.07) is 21.1. The molecule has 4 rings (SSSR count). The molecule has 1 aliphatic heterocycles. The first-order chi connectivity index (χ1) is 20.7. The Bertz CT molecular complexity index is 1400. The van der Waals surface area contributed by atoms with Crippen LogP contribution >= 0.6 is 0 Å². The number of amides is 1. The molecule has 0 unspecified atom stereocenters. The monoisotopic (exact) mass is 593 g/mol. The Kier molecular flexibility index (Phi) is 11.2. The Morgan fingerprint density at radius 1 is 0.907 bits per heavy atom. The Hall–Kier alpha value is -4.28. The summed E-state index contributed by atoms with van der Waals surface area (Å²) in [4.78, 5) is 35.3. The molecule has 1 N–H and O–H groups in total. The molecule has 9 nitrogen and oxygen atoms in total. The molecule has 4 atom stereocenters. The molecular weight excluding hydrogens is 557 g/mol. The smallest absolute Gasteiger partial charge is 0.303 e. The number of carbonyl (C=O) groups is 3. The molecule has 1 aliphatic rings. The fraction of sp³-hybridized carbons (Fsp3) is 0.364. The average Bonchev–Trinajstić information content (AvgIpc) is 2.95. The highest BCUT2D eigenvalue weighted by Crippen LogP contribution is 2.33. The third-order valence-corrected chi connectivity index (χ3v) is 6.76. The second-order valence-corrected chi connectivity index (χ2v) is 10.3. The number of nitrogens with one attached hydrogen (secondary N) is 1. The van der Waals surface area contributed by atoms with Gasteiger partial charge >= 0.3 is 11.9 Å². The van der Waals surface area contributed by atoms with Crippen molar-refractivity contribution in [2.75, 3.05) is 13.2 Å². The highest BCUT2D eigenvalue weighted by atomic mass is 19.1. The quantitative estimate of drug-likeness (QED) is 0.300. The van der Waals surface area contributed by atoms with Crippen molar-refractivity contribution in [2.24, 2.45) is 0 Å². The van der Waals surface area contributed by atoms with E-state index in [1.54, 1.807) is 24.3 Å². The topological polar surface area (TPSA) is 109 Å². The normalized spacial score (nSPS) is 19.7. The number of rotatable bonds is 12. The average molecular weight is 594 g/mol. The minimum absolute atomic E-state index is 0.0934. The van der Waals surface area contributed by atoms with Crippen LogP contribution in [0, 0.1) is 5.82 Å². The van der Waals surface area contributed by atoms with Gasteiger partial charge in [0.15, 0.2) is 6.10 Å². The van der Waals surface area contributed by atoms with E-state index in [4.69, 9.17) is 23.7 Å². The molecule has 0 spiro atoms. The van der Waals surface area contributed by atoms with Gasteiger partial charge in [-0.2, -0.15) is 0 Å². The summed E-state index contributed by atoms with van der Waals surface area (Å²) in [7, 11) is 0. The zero-order valence-corrected chi connectivity index (χ0v) is 24.4. The van der Waals surface area contributed by atoms with Crippen LogP contribution in [0.1, 0.15) is 38.3 Å². The molecular formula is C33H36FNO8. The van der Waals surface area contributed by atoms with Gasteiger partial charge in [0.25, 0.3) is 0 Å². The maximum absolute atomic E-state index is 14.2. The van der Waals surface area contributed by atoms with E-state index in [0.717, 1.165) is 11.1 Å². The van der Waals surface area contributed by atoms with Crippen molar-refractivity contribution in [2.45, 2.75) is 64.8 Å². The standard InChI is InChI=1S/C33H36FNO8/c1-21(36)35-15-14-25-12-13-28(17-29(25)26-10-7-11-27(34)16-26)42-33-31(41-23(3)38)18-30(40-22(2)37)32(43-33)20-39-19-24-8-5-4-6-9-24/h4-13,16-17,30-33H,14-15,18-20H2,1-3H3,(H,35,36)/t30-,31-,32+,33-/m1/s1. The molecule has 0 saturated carbocycles. The highest BCUT2D eigenvalue weighted by molar-refractivity contribution is 5.73. The second-order valence-electron chi connectivity index (χ2n) is 10.3. The van der Waals surface area contributed by atoms with Crippen molar-refractivity contribution in [3.8, 4) is 16.9 Å². The lowest BCUT2D eigenvalue weighted by Crippen LogP contribution is -2.53. The zero-order valence-electron chi connectivity index (χ0n) is 24.4. The van der Waals surface area contributed by atoms with Crippen molar-refractivity contribution in [3.05, 3.63) is 89.7 Å². The number of esters is 2. The molecule has 3 aromatic carbocycles. The van der Waals surface area contributed by atoms with Gasteiger partial charge in [-0.3, -0.25) is 14.4 Å². The lowest BCUT2D eigenvalue weighted by molar-refractivity contribution is -0.254. The molecule has 0 aliphatic carbocycles. The van der Waals surface area contributed by atoms with Crippen LogP contribution in [-0.4, -0.2) is 55.6 Å². The molecule has 1 heterocycles. The molecule has 228 valence electrons. The molecule has 1 fully saturated rings. The highest BCUT2D eigenvalue weighted by Gasteiger charge is 2.43. The van der Waals surface area contributed by atoms with Crippen LogP contribution in [-0.2, 0) is 46.4 Å². The molecule has 3 aromatic rings. The maximum atomic E-state index is 14.2. The Balaban J connectivity index is 1.57. The Labute approximate surface area is 250 Å². The second kappa shape index (κ2) is 15.3. The summed E-state index contributed by atoms with van der Waals surface area (Å²) in [5, 5.41) is 2.78. The van der Waals surface area contributed by atoms with E-state index in [0.29, 0.717) is 36.4 Å². The predicted molar refractivity (Wildman–Crippen MR) is 155 cm³/mol. The molecule has 10 heteroatoms. The number of carbonyl (C=O) groups excluding carboxylic acids is 3. The SMILES string of the molecule is CC(=O)NCCc1ccc(O[C@@H]2O[C@@H](COCc3ccccc3)[C@H](OC(C)=O)C[C@H]2OC(C)=O)cc1-c1cccc(F)c1. The fourth-order valence-electron chi connectivity index (χ4n) is 4.89. The van der Waals surface area contributed by atoms with Crippen molar-refractivity contribution in [1.29, 1.82) is 0 Å². The van der Waals surface area contributed by atoms with Crippen LogP contribution in [0.15, 0.2) is 72.8 Å². The molecule has 0 bridgehead atoms. The van der Waals surface area contributed by atoms with E-state index in [1.807, 2.05) is 36.4 Å². The Morgan fingerprint density at radius 2 is 1.65 bits per heavy atom. The van der Waals surface area contributed by atoms with Crippen LogP contribution < -0.4 is 10.1 Å². The Morgan fingerprint density at radius 3 is 2.35 bits per heavy atom. The van der Waals surface area contributed by atoms with Gasteiger partial charge in [0.05, 0.1) is 13.2 Å². The minimum atomic E-state index is -1.05. The number of halogens is 1. The number of ether oxygens (including phenoxy) is 5. The first-order valence-corrected chi connectivity index (χ1v) is 14.1. The van der Waals surface area contributed by atoms with Gasteiger partial charge in [0.1, 0.15) is 23.8 Å². The van der Waals surface area contributed by atoms with E-state index in [2.05, 4.69) is 5.32 Å². The molecule has 43 heavy (non-hydrogen) atoms. The lowest BCUT2D eigenvalue weighted by Gasteiger charge is -2.39. The first kappa shape index (κ1) is 31.7. The van der Waals surface area contributed by atoms with Crippen molar-refractivity contribution in [3.63, 3.8) is 0 Å². The van der Waals surface area contributed by atoms with Crippen molar-refractivity contribution < 1.29 is 42.5 Å².